The predicted octanol–water partition coefficient (Wildman–Crippen LogP) is 5.74. The number of hydrogen-bond acceptors (Lipinski definition) is 5. The fourth-order valence-corrected chi connectivity index (χ4v) is 5.58. The first-order valence-electron chi connectivity index (χ1n) is 9.64. The normalized spacial score (nSPS) is 15.6. The maximum absolute atomic E-state index is 12.7. The van der Waals surface area contributed by atoms with Crippen LogP contribution in [0.2, 0.25) is 0 Å². The summed E-state index contributed by atoms with van der Waals surface area (Å²) in [7, 11) is 0. The van der Waals surface area contributed by atoms with Gasteiger partial charge in [-0.05, 0) is 65.1 Å². The van der Waals surface area contributed by atoms with E-state index < -0.39 is 5.97 Å². The molecule has 1 saturated heterocycles. The van der Waals surface area contributed by atoms with Gasteiger partial charge in [0.05, 0.1) is 4.91 Å². The van der Waals surface area contributed by atoms with Gasteiger partial charge in [0.1, 0.15) is 4.32 Å². The SMILES string of the molecule is O=C(O)CCCCCN1C(=O)/C(=C/c2cc(-c3ccc4[nH]ccc4c3)cs2)SC1=S. The third kappa shape index (κ3) is 4.66. The van der Waals surface area contributed by atoms with Crippen molar-refractivity contribution in [1.29, 1.82) is 0 Å². The Kier molecular flexibility index (Phi) is 6.36. The third-order valence-electron chi connectivity index (χ3n) is 4.93. The minimum Gasteiger partial charge on any atom is -0.481 e. The summed E-state index contributed by atoms with van der Waals surface area (Å²) in [5.74, 6) is -0.848. The van der Waals surface area contributed by atoms with Crippen LogP contribution in [0.15, 0.2) is 46.8 Å². The molecule has 2 aromatic heterocycles. The fourth-order valence-electron chi connectivity index (χ4n) is 3.36. The number of amides is 1. The van der Waals surface area contributed by atoms with Gasteiger partial charge in [0.2, 0.25) is 0 Å². The highest BCUT2D eigenvalue weighted by Gasteiger charge is 2.31. The Morgan fingerprint density at radius 2 is 2.03 bits per heavy atom. The van der Waals surface area contributed by atoms with Crippen molar-refractivity contribution in [2.75, 3.05) is 6.54 Å². The topological polar surface area (TPSA) is 73.4 Å². The molecule has 3 heterocycles. The number of benzene rings is 1. The molecule has 0 aliphatic carbocycles. The summed E-state index contributed by atoms with van der Waals surface area (Å²) in [6.45, 7) is 0.536. The van der Waals surface area contributed by atoms with Crippen molar-refractivity contribution in [3.8, 4) is 11.1 Å². The molecule has 0 unspecified atom stereocenters. The van der Waals surface area contributed by atoms with Crippen LogP contribution in [0.1, 0.15) is 30.6 Å². The van der Waals surface area contributed by atoms with Crippen molar-refractivity contribution in [3.05, 3.63) is 51.7 Å². The molecular weight excluding hydrogens is 436 g/mol. The Balaban J connectivity index is 1.41. The highest BCUT2D eigenvalue weighted by atomic mass is 32.2. The van der Waals surface area contributed by atoms with Gasteiger partial charge in [0.15, 0.2) is 0 Å². The number of aliphatic carboxylic acids is 1. The number of thioether (sulfide) groups is 1. The number of H-pyrrole nitrogens is 1. The first-order valence-corrected chi connectivity index (χ1v) is 11.7. The number of nitrogens with one attached hydrogen (secondary N) is 1. The van der Waals surface area contributed by atoms with E-state index in [4.69, 9.17) is 17.3 Å². The summed E-state index contributed by atoms with van der Waals surface area (Å²) in [6.07, 6.45) is 6.14. The van der Waals surface area contributed by atoms with Crippen LogP contribution in [0.5, 0.6) is 0 Å². The lowest BCUT2D eigenvalue weighted by atomic mass is 10.1. The first-order chi connectivity index (χ1) is 14.5. The smallest absolute Gasteiger partial charge is 0.303 e. The van der Waals surface area contributed by atoms with E-state index in [1.165, 1.54) is 17.1 Å². The molecule has 1 aromatic carbocycles. The van der Waals surface area contributed by atoms with Gasteiger partial charge in [-0.2, -0.15) is 0 Å². The average molecular weight is 457 g/mol. The van der Waals surface area contributed by atoms with E-state index in [-0.39, 0.29) is 12.3 Å². The molecule has 8 heteroatoms. The summed E-state index contributed by atoms with van der Waals surface area (Å²) >= 11 is 8.32. The Bertz CT molecular complexity index is 1150. The average Bonchev–Trinajstić information content (AvgIpc) is 3.43. The summed E-state index contributed by atoms with van der Waals surface area (Å²) < 4.78 is 0.569. The van der Waals surface area contributed by atoms with Crippen LogP contribution in [0.3, 0.4) is 0 Å². The Hall–Kier alpha value is -2.42. The molecule has 1 aliphatic rings. The molecule has 0 atom stereocenters. The van der Waals surface area contributed by atoms with Crippen molar-refractivity contribution in [3.63, 3.8) is 0 Å². The standard InChI is InChI=1S/C22H20N2O3S3/c25-20(26)4-2-1-3-9-24-21(27)19(30-22(24)28)12-17-11-16(13-29-17)14-5-6-18-15(10-14)7-8-23-18/h5-8,10-13,23H,1-4,9H2,(H,25,26)/b19-12-. The Labute approximate surface area is 187 Å². The Morgan fingerprint density at radius 3 is 2.87 bits per heavy atom. The molecule has 0 bridgehead atoms. The third-order valence-corrected chi connectivity index (χ3v) is 7.18. The monoisotopic (exact) mass is 456 g/mol. The van der Waals surface area contributed by atoms with Crippen LogP contribution < -0.4 is 0 Å². The zero-order valence-corrected chi connectivity index (χ0v) is 18.5. The first kappa shape index (κ1) is 20.8. The molecule has 1 fully saturated rings. The maximum atomic E-state index is 12.7. The van der Waals surface area contributed by atoms with E-state index in [0.717, 1.165) is 34.4 Å². The largest absolute Gasteiger partial charge is 0.481 e. The molecule has 3 aromatic rings. The van der Waals surface area contributed by atoms with Crippen LogP contribution in [0.25, 0.3) is 28.1 Å². The predicted molar refractivity (Wildman–Crippen MR) is 128 cm³/mol. The molecule has 2 N–H and O–H groups in total. The number of aromatic nitrogens is 1. The number of unbranched alkanes of at least 4 members (excludes halogenated alkanes) is 2. The number of thiocarbonyl (C=S) groups is 1. The fraction of sp³-hybridized carbons (Fsp3) is 0.227. The van der Waals surface area contributed by atoms with Gasteiger partial charge in [-0.15, -0.1) is 11.3 Å². The number of thiophene rings is 1. The molecule has 1 amide bonds. The quantitative estimate of drug-likeness (QED) is 0.257. The van der Waals surface area contributed by atoms with Gasteiger partial charge in [0.25, 0.3) is 5.91 Å². The van der Waals surface area contributed by atoms with Gasteiger partial charge in [-0.3, -0.25) is 14.5 Å². The van der Waals surface area contributed by atoms with E-state index in [1.54, 1.807) is 16.2 Å². The zero-order chi connectivity index (χ0) is 21.1. The minimum atomic E-state index is -0.785. The summed E-state index contributed by atoms with van der Waals surface area (Å²) in [5.41, 5.74) is 3.39. The number of aromatic amines is 1. The number of carboxylic acids is 1. The lowest BCUT2D eigenvalue weighted by molar-refractivity contribution is -0.137. The van der Waals surface area contributed by atoms with Crippen LogP contribution in [-0.4, -0.2) is 37.7 Å². The van der Waals surface area contributed by atoms with Crippen molar-refractivity contribution in [2.45, 2.75) is 25.7 Å². The number of hydrogen-bond donors (Lipinski definition) is 2. The number of carbonyl (C=O) groups is 2. The number of nitrogens with zero attached hydrogens (tertiary/aromatic N) is 1. The van der Waals surface area contributed by atoms with Gasteiger partial charge < -0.3 is 10.1 Å². The van der Waals surface area contributed by atoms with Gasteiger partial charge in [-0.25, -0.2) is 0 Å². The maximum Gasteiger partial charge on any atom is 0.303 e. The molecule has 5 nitrogen and oxygen atoms in total. The van der Waals surface area contributed by atoms with E-state index in [0.29, 0.717) is 22.2 Å². The number of carboxylic acid groups (broad SMARTS) is 1. The molecular formula is C22H20N2O3S3. The lowest BCUT2D eigenvalue weighted by Crippen LogP contribution is -2.29. The second kappa shape index (κ2) is 9.16. The minimum absolute atomic E-state index is 0.0630. The molecule has 154 valence electrons. The number of carbonyl (C=O) groups excluding carboxylic acids is 1. The van der Waals surface area contributed by atoms with E-state index in [1.807, 2.05) is 12.3 Å². The molecule has 0 spiro atoms. The van der Waals surface area contributed by atoms with Gasteiger partial charge >= 0.3 is 5.97 Å². The number of rotatable bonds is 8. The molecule has 4 rings (SSSR count). The summed E-state index contributed by atoms with van der Waals surface area (Å²) in [5, 5.41) is 12.0. The zero-order valence-electron chi connectivity index (χ0n) is 16.1. The molecule has 30 heavy (non-hydrogen) atoms. The van der Waals surface area contributed by atoms with Crippen LogP contribution in [0.4, 0.5) is 0 Å². The highest BCUT2D eigenvalue weighted by Crippen LogP contribution is 2.35. The Morgan fingerprint density at radius 1 is 1.17 bits per heavy atom. The van der Waals surface area contributed by atoms with Crippen molar-refractivity contribution in [2.24, 2.45) is 0 Å². The molecule has 0 saturated carbocycles. The molecule has 1 aliphatic heterocycles. The van der Waals surface area contributed by atoms with Crippen LogP contribution in [0, 0.1) is 0 Å². The summed E-state index contributed by atoms with van der Waals surface area (Å²) in [4.78, 5) is 29.8. The van der Waals surface area contributed by atoms with Gasteiger partial charge in [0, 0.05) is 29.6 Å². The lowest BCUT2D eigenvalue weighted by Gasteiger charge is -2.13. The highest BCUT2D eigenvalue weighted by molar-refractivity contribution is 8.26. The van der Waals surface area contributed by atoms with E-state index >= 15 is 0 Å². The van der Waals surface area contributed by atoms with Crippen LogP contribution in [-0.2, 0) is 9.59 Å². The van der Waals surface area contributed by atoms with Gasteiger partial charge in [-0.1, -0.05) is 36.5 Å². The van der Waals surface area contributed by atoms with Crippen molar-refractivity contribution < 1.29 is 14.7 Å². The summed E-state index contributed by atoms with van der Waals surface area (Å²) in [6, 6.07) is 10.5. The van der Waals surface area contributed by atoms with E-state index in [9.17, 15) is 9.59 Å². The van der Waals surface area contributed by atoms with E-state index in [2.05, 4.69) is 40.7 Å². The van der Waals surface area contributed by atoms with Crippen LogP contribution >= 0.6 is 35.3 Å². The van der Waals surface area contributed by atoms with Crippen molar-refractivity contribution >= 4 is 68.5 Å². The number of fused-ring (bicyclic) bond motifs is 1. The van der Waals surface area contributed by atoms with Crippen molar-refractivity contribution in [1.82, 2.24) is 9.88 Å². The molecule has 0 radical (unpaired) electrons. The second-order valence-electron chi connectivity index (χ2n) is 7.06. The second-order valence-corrected chi connectivity index (χ2v) is 9.67.